The Morgan fingerprint density at radius 3 is 2.78 bits per heavy atom. The van der Waals surface area contributed by atoms with Gasteiger partial charge in [0.1, 0.15) is 17.5 Å². The molecule has 1 fully saturated rings. The van der Waals surface area contributed by atoms with E-state index in [1.54, 1.807) is 0 Å². The Hall–Kier alpha value is -2.25. The minimum Gasteiger partial charge on any atom is -0.383 e. The summed E-state index contributed by atoms with van der Waals surface area (Å²) in [6.07, 6.45) is 1.20. The van der Waals surface area contributed by atoms with E-state index in [2.05, 4.69) is 11.2 Å². The van der Waals surface area contributed by atoms with Crippen LogP contribution in [0.5, 0.6) is 0 Å². The Labute approximate surface area is 105 Å². The van der Waals surface area contributed by atoms with Gasteiger partial charge in [0.05, 0.1) is 19.0 Å². The van der Waals surface area contributed by atoms with Gasteiger partial charge in [-0.25, -0.2) is 4.68 Å². The van der Waals surface area contributed by atoms with E-state index >= 15 is 0 Å². The summed E-state index contributed by atoms with van der Waals surface area (Å²) in [5.41, 5.74) is 12.1. The Morgan fingerprint density at radius 2 is 2.22 bits per heavy atom. The lowest BCUT2D eigenvalue weighted by Gasteiger charge is -2.14. The second kappa shape index (κ2) is 4.94. The van der Waals surface area contributed by atoms with Crippen LogP contribution in [0.15, 0.2) is 0 Å². The summed E-state index contributed by atoms with van der Waals surface area (Å²) < 4.78 is 1.51. The molecule has 0 amide bonds. The first kappa shape index (κ1) is 12.2. The Morgan fingerprint density at radius 1 is 1.44 bits per heavy atom. The van der Waals surface area contributed by atoms with E-state index in [1.165, 1.54) is 4.68 Å². The Bertz CT molecular complexity index is 519. The van der Waals surface area contributed by atoms with Crippen LogP contribution in [0.4, 0.5) is 11.6 Å². The highest BCUT2D eigenvalue weighted by molar-refractivity contribution is 5.65. The number of nitrogen functional groups attached to an aromatic ring is 1. The zero-order chi connectivity index (χ0) is 13.1. The number of hydrogen-bond donors (Lipinski definition) is 2. The molecule has 0 radical (unpaired) electrons. The molecule has 18 heavy (non-hydrogen) atoms. The predicted octanol–water partition coefficient (Wildman–Crippen LogP) is -0.212. The normalized spacial score (nSPS) is 18.6. The molecule has 1 aromatic rings. The van der Waals surface area contributed by atoms with E-state index in [9.17, 15) is 0 Å². The molecule has 4 N–H and O–H groups in total. The van der Waals surface area contributed by atoms with E-state index in [0.29, 0.717) is 36.7 Å². The molecule has 1 aliphatic heterocycles. The van der Waals surface area contributed by atoms with Gasteiger partial charge in [0, 0.05) is 19.1 Å². The standard InChI is InChI=1S/C11H15N7/c12-3-1-4-18-10(15)9(6-13)11(16-18)17-5-2-8(14)7-17/h8H,1-2,4-5,7,14-15H2. The molecular formula is C11H15N7. The fourth-order valence-electron chi connectivity index (χ4n) is 2.10. The zero-order valence-electron chi connectivity index (χ0n) is 10.0. The largest absolute Gasteiger partial charge is 0.383 e. The van der Waals surface area contributed by atoms with Crippen molar-refractivity contribution in [3.8, 4) is 12.1 Å². The van der Waals surface area contributed by atoms with E-state index in [1.807, 2.05) is 11.0 Å². The molecule has 7 nitrogen and oxygen atoms in total. The van der Waals surface area contributed by atoms with Gasteiger partial charge in [-0.05, 0) is 6.42 Å². The average Bonchev–Trinajstić information content (AvgIpc) is 2.91. The number of nitrogens with zero attached hydrogens (tertiary/aromatic N) is 5. The highest BCUT2D eigenvalue weighted by Gasteiger charge is 2.26. The SMILES string of the molecule is N#CCCn1nc(N2CCC(N)C2)c(C#N)c1N. The molecule has 1 unspecified atom stereocenters. The van der Waals surface area contributed by atoms with Gasteiger partial charge >= 0.3 is 0 Å². The summed E-state index contributed by atoms with van der Waals surface area (Å²) in [6, 6.07) is 4.23. The molecule has 0 saturated carbocycles. The van der Waals surface area contributed by atoms with Crippen molar-refractivity contribution in [2.75, 3.05) is 23.7 Å². The van der Waals surface area contributed by atoms with Gasteiger partial charge in [-0.15, -0.1) is 0 Å². The van der Waals surface area contributed by atoms with Crippen molar-refractivity contribution < 1.29 is 0 Å². The number of aryl methyl sites for hydroxylation is 1. The molecule has 0 spiro atoms. The number of nitriles is 2. The smallest absolute Gasteiger partial charge is 0.170 e. The summed E-state index contributed by atoms with van der Waals surface area (Å²) in [5.74, 6) is 0.907. The van der Waals surface area contributed by atoms with Crippen LogP contribution in [0.25, 0.3) is 0 Å². The highest BCUT2D eigenvalue weighted by atomic mass is 15.4. The summed E-state index contributed by atoms with van der Waals surface area (Å²) in [4.78, 5) is 1.97. The number of rotatable bonds is 3. The lowest BCUT2D eigenvalue weighted by Crippen LogP contribution is -2.27. The van der Waals surface area contributed by atoms with Crippen molar-refractivity contribution in [2.45, 2.75) is 25.4 Å². The van der Waals surface area contributed by atoms with Gasteiger partial charge in [0.15, 0.2) is 5.82 Å². The van der Waals surface area contributed by atoms with Gasteiger partial charge in [0.2, 0.25) is 0 Å². The first-order valence-corrected chi connectivity index (χ1v) is 5.81. The molecule has 2 heterocycles. The van der Waals surface area contributed by atoms with E-state index in [-0.39, 0.29) is 6.04 Å². The number of anilines is 2. The summed E-state index contributed by atoms with van der Waals surface area (Å²) >= 11 is 0. The molecule has 0 aromatic carbocycles. The first-order chi connectivity index (χ1) is 8.67. The average molecular weight is 245 g/mol. The minimum absolute atomic E-state index is 0.113. The monoisotopic (exact) mass is 245 g/mol. The first-order valence-electron chi connectivity index (χ1n) is 5.81. The summed E-state index contributed by atoms with van der Waals surface area (Å²) in [7, 11) is 0. The van der Waals surface area contributed by atoms with Crippen LogP contribution in [-0.2, 0) is 6.54 Å². The molecule has 94 valence electrons. The van der Waals surface area contributed by atoms with Crippen LogP contribution >= 0.6 is 0 Å². The van der Waals surface area contributed by atoms with Crippen molar-refractivity contribution in [1.82, 2.24) is 9.78 Å². The van der Waals surface area contributed by atoms with Crippen molar-refractivity contribution in [2.24, 2.45) is 5.73 Å². The quantitative estimate of drug-likeness (QED) is 0.759. The Kier molecular flexibility index (Phi) is 3.35. The second-order valence-electron chi connectivity index (χ2n) is 4.32. The molecule has 0 bridgehead atoms. The van der Waals surface area contributed by atoms with Crippen LogP contribution in [0.2, 0.25) is 0 Å². The fraction of sp³-hybridized carbons (Fsp3) is 0.545. The zero-order valence-corrected chi connectivity index (χ0v) is 10.0. The number of hydrogen-bond acceptors (Lipinski definition) is 6. The number of aromatic nitrogens is 2. The lowest BCUT2D eigenvalue weighted by molar-refractivity contribution is 0.633. The molecule has 1 saturated heterocycles. The second-order valence-corrected chi connectivity index (χ2v) is 4.32. The van der Waals surface area contributed by atoms with Crippen molar-refractivity contribution >= 4 is 11.6 Å². The molecule has 2 rings (SSSR count). The molecule has 7 heteroatoms. The molecule has 1 aliphatic rings. The molecule has 1 atom stereocenters. The van der Waals surface area contributed by atoms with Crippen molar-refractivity contribution in [1.29, 1.82) is 10.5 Å². The van der Waals surface area contributed by atoms with E-state index in [0.717, 1.165) is 13.0 Å². The van der Waals surface area contributed by atoms with Gasteiger partial charge in [-0.2, -0.15) is 15.6 Å². The summed E-state index contributed by atoms with van der Waals surface area (Å²) in [5, 5.41) is 22.1. The Balaban J connectivity index is 2.30. The van der Waals surface area contributed by atoms with Crippen LogP contribution in [0, 0.1) is 22.7 Å². The fourth-order valence-corrected chi connectivity index (χ4v) is 2.10. The van der Waals surface area contributed by atoms with Crippen LogP contribution in [-0.4, -0.2) is 28.9 Å². The molecule has 1 aromatic heterocycles. The maximum atomic E-state index is 9.16. The maximum Gasteiger partial charge on any atom is 0.170 e. The number of nitrogens with two attached hydrogens (primary N) is 2. The van der Waals surface area contributed by atoms with Crippen molar-refractivity contribution in [3.63, 3.8) is 0 Å². The highest BCUT2D eigenvalue weighted by Crippen LogP contribution is 2.27. The van der Waals surface area contributed by atoms with Crippen LogP contribution in [0.3, 0.4) is 0 Å². The van der Waals surface area contributed by atoms with E-state index in [4.69, 9.17) is 22.0 Å². The molecule has 0 aliphatic carbocycles. The minimum atomic E-state index is 0.113. The van der Waals surface area contributed by atoms with Gasteiger partial charge in [0.25, 0.3) is 0 Å². The van der Waals surface area contributed by atoms with Crippen LogP contribution < -0.4 is 16.4 Å². The van der Waals surface area contributed by atoms with Crippen molar-refractivity contribution in [3.05, 3.63) is 5.56 Å². The topological polar surface area (TPSA) is 121 Å². The van der Waals surface area contributed by atoms with Gasteiger partial charge in [-0.3, -0.25) is 0 Å². The van der Waals surface area contributed by atoms with E-state index < -0.39 is 0 Å². The van der Waals surface area contributed by atoms with Gasteiger partial charge < -0.3 is 16.4 Å². The van der Waals surface area contributed by atoms with Gasteiger partial charge in [-0.1, -0.05) is 0 Å². The van der Waals surface area contributed by atoms with Crippen LogP contribution in [0.1, 0.15) is 18.4 Å². The summed E-state index contributed by atoms with van der Waals surface area (Å²) in [6.45, 7) is 1.87. The molecular weight excluding hydrogens is 230 g/mol. The third-order valence-corrected chi connectivity index (χ3v) is 3.04. The predicted molar refractivity (Wildman–Crippen MR) is 66.4 cm³/mol. The lowest BCUT2D eigenvalue weighted by atomic mass is 10.3. The third kappa shape index (κ3) is 2.08. The third-order valence-electron chi connectivity index (χ3n) is 3.04. The maximum absolute atomic E-state index is 9.16.